The Morgan fingerprint density at radius 1 is 0.720 bits per heavy atom. The zero-order valence-electron chi connectivity index (χ0n) is 14.7. The minimum Gasteiger partial charge on any atom is -0.383 e. The van der Waals surface area contributed by atoms with E-state index in [9.17, 15) is 0 Å². The van der Waals surface area contributed by atoms with Gasteiger partial charge >= 0.3 is 0 Å². The number of benzene rings is 3. The number of hydrogen-bond acceptors (Lipinski definition) is 2. The predicted molar refractivity (Wildman–Crippen MR) is 104 cm³/mol. The van der Waals surface area contributed by atoms with Crippen LogP contribution < -0.4 is 5.32 Å². The van der Waals surface area contributed by atoms with Crippen molar-refractivity contribution in [2.24, 2.45) is 0 Å². The normalized spacial score (nSPS) is 11.4. The number of ether oxygens (including phenoxy) is 1. The maximum atomic E-state index is 5.68. The van der Waals surface area contributed by atoms with Crippen LogP contribution in [0.5, 0.6) is 0 Å². The van der Waals surface area contributed by atoms with Gasteiger partial charge in [-0.05, 0) is 16.7 Å². The van der Waals surface area contributed by atoms with Crippen LogP contribution in [0.1, 0.15) is 16.7 Å². The van der Waals surface area contributed by atoms with Gasteiger partial charge in [-0.2, -0.15) is 0 Å². The van der Waals surface area contributed by atoms with Crippen molar-refractivity contribution in [3.05, 3.63) is 108 Å². The third kappa shape index (κ3) is 4.16. The summed E-state index contributed by atoms with van der Waals surface area (Å²) in [6.07, 6.45) is 0. The molecule has 3 aromatic carbocycles. The molecule has 0 unspecified atom stereocenters. The van der Waals surface area contributed by atoms with E-state index in [1.54, 1.807) is 7.11 Å². The second-order valence-corrected chi connectivity index (χ2v) is 6.34. The fourth-order valence-corrected chi connectivity index (χ4v) is 3.37. The number of rotatable bonds is 8. The van der Waals surface area contributed by atoms with Crippen LogP contribution in [0.15, 0.2) is 91.0 Å². The summed E-state index contributed by atoms with van der Waals surface area (Å²) in [5.74, 6) is 0. The van der Waals surface area contributed by atoms with Gasteiger partial charge in [0.15, 0.2) is 0 Å². The summed E-state index contributed by atoms with van der Waals surface area (Å²) >= 11 is 0. The Balaban J connectivity index is 1.90. The van der Waals surface area contributed by atoms with Crippen molar-refractivity contribution in [1.82, 2.24) is 5.32 Å². The van der Waals surface area contributed by atoms with Crippen molar-refractivity contribution in [3.63, 3.8) is 0 Å². The maximum Gasteiger partial charge on any atom is 0.0612 e. The molecule has 0 saturated carbocycles. The van der Waals surface area contributed by atoms with Crippen LogP contribution in [0.25, 0.3) is 0 Å². The molecule has 0 heterocycles. The van der Waals surface area contributed by atoms with E-state index < -0.39 is 0 Å². The molecule has 0 radical (unpaired) electrons. The first kappa shape index (κ1) is 17.4. The smallest absolute Gasteiger partial charge is 0.0612 e. The average molecular weight is 331 g/mol. The van der Waals surface area contributed by atoms with E-state index >= 15 is 0 Å². The average Bonchev–Trinajstić information content (AvgIpc) is 2.69. The first-order chi connectivity index (χ1) is 12.3. The van der Waals surface area contributed by atoms with Crippen molar-refractivity contribution < 1.29 is 4.74 Å². The van der Waals surface area contributed by atoms with Gasteiger partial charge in [-0.1, -0.05) is 91.0 Å². The molecule has 1 N–H and O–H groups in total. The summed E-state index contributed by atoms with van der Waals surface area (Å²) in [5.41, 5.74) is 3.61. The maximum absolute atomic E-state index is 5.68. The molecule has 0 bridgehead atoms. The Kier molecular flexibility index (Phi) is 5.99. The van der Waals surface area contributed by atoms with Crippen molar-refractivity contribution in [2.45, 2.75) is 12.0 Å². The van der Waals surface area contributed by atoms with Crippen LogP contribution in [0, 0.1) is 0 Å². The van der Waals surface area contributed by atoms with Gasteiger partial charge in [-0.15, -0.1) is 0 Å². The van der Waals surface area contributed by atoms with E-state index in [-0.39, 0.29) is 5.41 Å². The molecule has 0 fully saturated rings. The SMILES string of the molecule is COCC(CNCc1ccccc1)(c1ccccc1)c1ccccc1. The second kappa shape index (κ2) is 8.61. The number of hydrogen-bond donors (Lipinski definition) is 1. The molecule has 0 atom stereocenters. The minimum atomic E-state index is -0.216. The molecule has 0 spiro atoms. The zero-order chi connectivity index (χ0) is 17.4. The fraction of sp³-hybridized carbons (Fsp3) is 0.217. The summed E-state index contributed by atoms with van der Waals surface area (Å²) in [5, 5.41) is 3.64. The molecule has 0 amide bonds. The molecule has 0 aliphatic carbocycles. The lowest BCUT2D eigenvalue weighted by atomic mass is 9.75. The molecule has 3 aromatic rings. The van der Waals surface area contributed by atoms with Crippen molar-refractivity contribution in [2.75, 3.05) is 20.3 Å². The highest BCUT2D eigenvalue weighted by Gasteiger charge is 2.34. The first-order valence-electron chi connectivity index (χ1n) is 8.70. The molecular formula is C23H25NO. The fourth-order valence-electron chi connectivity index (χ4n) is 3.37. The van der Waals surface area contributed by atoms with Gasteiger partial charge in [0.05, 0.1) is 12.0 Å². The summed E-state index contributed by atoms with van der Waals surface area (Å²) in [7, 11) is 1.78. The van der Waals surface area contributed by atoms with Gasteiger partial charge < -0.3 is 10.1 Å². The molecule has 2 heteroatoms. The van der Waals surface area contributed by atoms with Crippen LogP contribution in [0.4, 0.5) is 0 Å². The largest absolute Gasteiger partial charge is 0.383 e. The minimum absolute atomic E-state index is 0.216. The highest BCUT2D eigenvalue weighted by atomic mass is 16.5. The van der Waals surface area contributed by atoms with E-state index in [1.807, 2.05) is 6.07 Å². The standard InChI is InChI=1S/C23H25NO/c1-25-19-23(21-13-7-3-8-14-21,22-15-9-4-10-16-22)18-24-17-20-11-5-2-6-12-20/h2-16,24H,17-19H2,1H3. The Morgan fingerprint density at radius 2 is 1.20 bits per heavy atom. The second-order valence-electron chi connectivity index (χ2n) is 6.34. The lowest BCUT2D eigenvalue weighted by molar-refractivity contribution is 0.146. The van der Waals surface area contributed by atoms with Crippen molar-refractivity contribution >= 4 is 0 Å². The van der Waals surface area contributed by atoms with E-state index in [0.29, 0.717) is 6.61 Å². The molecule has 2 nitrogen and oxygen atoms in total. The molecule has 0 aromatic heterocycles. The van der Waals surface area contributed by atoms with Gasteiger partial charge in [-0.25, -0.2) is 0 Å². The van der Waals surface area contributed by atoms with Gasteiger partial charge in [-0.3, -0.25) is 0 Å². The van der Waals surface area contributed by atoms with Crippen LogP contribution in [-0.2, 0) is 16.7 Å². The highest BCUT2D eigenvalue weighted by molar-refractivity contribution is 5.40. The summed E-state index contributed by atoms with van der Waals surface area (Å²) in [4.78, 5) is 0. The molecule has 3 rings (SSSR count). The van der Waals surface area contributed by atoms with Crippen LogP contribution in [0.3, 0.4) is 0 Å². The topological polar surface area (TPSA) is 21.3 Å². The molecular weight excluding hydrogens is 306 g/mol. The van der Waals surface area contributed by atoms with E-state index in [1.165, 1.54) is 16.7 Å². The predicted octanol–water partition coefficient (Wildman–Crippen LogP) is 4.41. The lowest BCUT2D eigenvalue weighted by Crippen LogP contribution is -2.42. The van der Waals surface area contributed by atoms with Gasteiger partial charge in [0.1, 0.15) is 0 Å². The monoisotopic (exact) mass is 331 g/mol. The van der Waals surface area contributed by atoms with Crippen molar-refractivity contribution in [3.8, 4) is 0 Å². The van der Waals surface area contributed by atoms with Crippen LogP contribution in [-0.4, -0.2) is 20.3 Å². The summed E-state index contributed by atoms with van der Waals surface area (Å²) in [6.45, 7) is 2.28. The molecule has 0 aliphatic rings. The van der Waals surface area contributed by atoms with E-state index in [2.05, 4.69) is 90.2 Å². The Bertz CT molecular complexity index is 701. The van der Waals surface area contributed by atoms with Crippen molar-refractivity contribution in [1.29, 1.82) is 0 Å². The Labute approximate surface area is 150 Å². The molecule has 0 aliphatic heterocycles. The number of methoxy groups -OCH3 is 1. The van der Waals surface area contributed by atoms with Gasteiger partial charge in [0.25, 0.3) is 0 Å². The quantitative estimate of drug-likeness (QED) is 0.660. The summed E-state index contributed by atoms with van der Waals surface area (Å²) in [6, 6.07) is 31.8. The first-order valence-corrected chi connectivity index (χ1v) is 8.70. The van der Waals surface area contributed by atoms with Crippen LogP contribution >= 0.6 is 0 Å². The molecule has 0 saturated heterocycles. The summed E-state index contributed by atoms with van der Waals surface area (Å²) < 4.78 is 5.68. The highest BCUT2D eigenvalue weighted by Crippen LogP contribution is 2.32. The van der Waals surface area contributed by atoms with Gasteiger partial charge in [0.2, 0.25) is 0 Å². The van der Waals surface area contributed by atoms with E-state index in [0.717, 1.165) is 13.1 Å². The van der Waals surface area contributed by atoms with Gasteiger partial charge in [0, 0.05) is 20.2 Å². The molecule has 128 valence electrons. The Morgan fingerprint density at radius 3 is 1.68 bits per heavy atom. The Hall–Kier alpha value is -2.42. The van der Waals surface area contributed by atoms with Crippen LogP contribution in [0.2, 0.25) is 0 Å². The van der Waals surface area contributed by atoms with E-state index in [4.69, 9.17) is 4.74 Å². The third-order valence-corrected chi connectivity index (χ3v) is 4.64. The zero-order valence-corrected chi connectivity index (χ0v) is 14.7. The third-order valence-electron chi connectivity index (χ3n) is 4.64. The number of nitrogens with one attached hydrogen (secondary N) is 1. The molecule has 25 heavy (non-hydrogen) atoms. The lowest BCUT2D eigenvalue weighted by Gasteiger charge is -2.35.